The van der Waals surface area contributed by atoms with Crippen LogP contribution in [0.3, 0.4) is 0 Å². The van der Waals surface area contributed by atoms with Gasteiger partial charge in [0, 0.05) is 33.2 Å². The average Bonchev–Trinajstić information content (AvgIpc) is 2.91. The molecule has 2 fully saturated rings. The maximum absolute atomic E-state index is 11.6. The zero-order valence-electron chi connectivity index (χ0n) is 12.2. The SMILES string of the molecule is CN(C)C(=O)CN1CCC(NOC2CCCC2)CC1. The van der Waals surface area contributed by atoms with Gasteiger partial charge in [0.15, 0.2) is 0 Å². The number of carbonyl (C=O) groups is 1. The van der Waals surface area contributed by atoms with E-state index < -0.39 is 0 Å². The third-order valence-corrected chi connectivity index (χ3v) is 4.15. The number of amides is 1. The van der Waals surface area contributed by atoms with Crippen molar-refractivity contribution in [3.05, 3.63) is 0 Å². The second-order valence-electron chi connectivity index (χ2n) is 5.98. The quantitative estimate of drug-likeness (QED) is 0.756. The van der Waals surface area contributed by atoms with Crippen molar-refractivity contribution in [3.63, 3.8) is 0 Å². The largest absolute Gasteiger partial charge is 0.348 e. The molecule has 2 aliphatic rings. The number of likely N-dealkylation sites (tertiary alicyclic amines) is 1. The van der Waals surface area contributed by atoms with Crippen LogP contribution in [-0.2, 0) is 9.63 Å². The molecule has 0 unspecified atom stereocenters. The zero-order valence-corrected chi connectivity index (χ0v) is 12.2. The Morgan fingerprint density at radius 3 is 2.42 bits per heavy atom. The summed E-state index contributed by atoms with van der Waals surface area (Å²) in [6.45, 7) is 2.50. The Bertz CT molecular complexity index is 282. The van der Waals surface area contributed by atoms with E-state index in [-0.39, 0.29) is 5.91 Å². The lowest BCUT2D eigenvalue weighted by Gasteiger charge is -2.32. The molecular weight excluding hydrogens is 242 g/mol. The van der Waals surface area contributed by atoms with Crippen LogP contribution in [0.2, 0.25) is 0 Å². The van der Waals surface area contributed by atoms with E-state index in [1.165, 1.54) is 25.7 Å². The van der Waals surface area contributed by atoms with Gasteiger partial charge in [-0.1, -0.05) is 12.8 Å². The predicted molar refractivity (Wildman–Crippen MR) is 74.6 cm³/mol. The maximum atomic E-state index is 11.6. The highest BCUT2D eigenvalue weighted by Gasteiger charge is 2.23. The number of carbonyl (C=O) groups excluding carboxylic acids is 1. The van der Waals surface area contributed by atoms with Gasteiger partial charge in [-0.15, -0.1) is 0 Å². The van der Waals surface area contributed by atoms with E-state index in [0.717, 1.165) is 25.9 Å². The summed E-state index contributed by atoms with van der Waals surface area (Å²) in [5.74, 6) is 0.189. The van der Waals surface area contributed by atoms with Gasteiger partial charge in [-0.2, -0.15) is 5.48 Å². The molecule has 0 aromatic carbocycles. The molecule has 1 N–H and O–H groups in total. The van der Waals surface area contributed by atoms with Crippen molar-refractivity contribution in [1.82, 2.24) is 15.3 Å². The fourth-order valence-corrected chi connectivity index (χ4v) is 2.74. The van der Waals surface area contributed by atoms with E-state index in [1.807, 2.05) is 14.1 Å². The summed E-state index contributed by atoms with van der Waals surface area (Å²) in [5.41, 5.74) is 3.24. The lowest BCUT2D eigenvalue weighted by atomic mass is 10.1. The Morgan fingerprint density at radius 1 is 1.21 bits per heavy atom. The minimum Gasteiger partial charge on any atom is -0.348 e. The minimum atomic E-state index is 0.189. The van der Waals surface area contributed by atoms with Crippen molar-refractivity contribution in [1.29, 1.82) is 0 Å². The molecule has 1 aliphatic carbocycles. The van der Waals surface area contributed by atoms with E-state index >= 15 is 0 Å². The van der Waals surface area contributed by atoms with Crippen LogP contribution >= 0.6 is 0 Å². The molecule has 5 heteroatoms. The van der Waals surface area contributed by atoms with E-state index in [2.05, 4.69) is 10.4 Å². The highest BCUT2D eigenvalue weighted by molar-refractivity contribution is 5.77. The topological polar surface area (TPSA) is 44.8 Å². The van der Waals surface area contributed by atoms with Crippen LogP contribution in [-0.4, -0.2) is 61.6 Å². The number of hydrogen-bond donors (Lipinski definition) is 1. The second-order valence-corrected chi connectivity index (χ2v) is 5.98. The number of piperidine rings is 1. The van der Waals surface area contributed by atoms with E-state index in [0.29, 0.717) is 18.7 Å². The van der Waals surface area contributed by atoms with Gasteiger partial charge in [-0.05, 0) is 25.7 Å². The monoisotopic (exact) mass is 269 g/mol. The number of likely N-dealkylation sites (N-methyl/N-ethyl adjacent to an activating group) is 1. The molecule has 19 heavy (non-hydrogen) atoms. The van der Waals surface area contributed by atoms with Crippen molar-refractivity contribution >= 4 is 5.91 Å². The van der Waals surface area contributed by atoms with E-state index in [9.17, 15) is 4.79 Å². The lowest BCUT2D eigenvalue weighted by Crippen LogP contribution is -2.46. The molecule has 110 valence electrons. The van der Waals surface area contributed by atoms with Crippen molar-refractivity contribution in [2.45, 2.75) is 50.7 Å². The second kappa shape index (κ2) is 7.22. The molecule has 1 saturated carbocycles. The fourth-order valence-electron chi connectivity index (χ4n) is 2.74. The molecule has 2 rings (SSSR count). The molecule has 0 spiro atoms. The van der Waals surface area contributed by atoms with Gasteiger partial charge in [-0.3, -0.25) is 14.5 Å². The van der Waals surface area contributed by atoms with Gasteiger partial charge in [0.25, 0.3) is 0 Å². The molecule has 0 radical (unpaired) electrons. The van der Waals surface area contributed by atoms with Crippen molar-refractivity contribution in [3.8, 4) is 0 Å². The lowest BCUT2D eigenvalue weighted by molar-refractivity contribution is -0.130. The molecule has 1 heterocycles. The van der Waals surface area contributed by atoms with Gasteiger partial charge >= 0.3 is 0 Å². The van der Waals surface area contributed by atoms with Crippen LogP contribution in [0, 0.1) is 0 Å². The molecule has 0 bridgehead atoms. The molecular formula is C14H27N3O2. The Kier molecular flexibility index (Phi) is 5.60. The molecule has 1 amide bonds. The number of hydrogen-bond acceptors (Lipinski definition) is 4. The Hall–Kier alpha value is -0.650. The van der Waals surface area contributed by atoms with Crippen molar-refractivity contribution < 1.29 is 9.63 Å². The molecule has 0 aromatic heterocycles. The van der Waals surface area contributed by atoms with Gasteiger partial charge in [0.2, 0.25) is 5.91 Å². The first kappa shape index (κ1) is 14.8. The smallest absolute Gasteiger partial charge is 0.236 e. The standard InChI is InChI=1S/C14H27N3O2/c1-16(2)14(18)11-17-9-7-12(8-10-17)15-19-13-5-3-4-6-13/h12-13,15H,3-11H2,1-2H3. The number of rotatable bonds is 5. The first-order valence-electron chi connectivity index (χ1n) is 7.49. The van der Waals surface area contributed by atoms with Crippen LogP contribution < -0.4 is 5.48 Å². The maximum Gasteiger partial charge on any atom is 0.236 e. The molecule has 0 atom stereocenters. The fraction of sp³-hybridized carbons (Fsp3) is 0.929. The van der Waals surface area contributed by atoms with Crippen LogP contribution in [0.25, 0.3) is 0 Å². The number of hydroxylamine groups is 1. The van der Waals surface area contributed by atoms with E-state index in [1.54, 1.807) is 4.90 Å². The van der Waals surface area contributed by atoms with Crippen molar-refractivity contribution in [2.24, 2.45) is 0 Å². The molecule has 1 aliphatic heterocycles. The highest BCUT2D eigenvalue weighted by Crippen LogP contribution is 2.20. The Balaban J connectivity index is 1.60. The molecule has 0 aromatic rings. The summed E-state index contributed by atoms with van der Waals surface area (Å²) < 4.78 is 0. The third-order valence-electron chi connectivity index (χ3n) is 4.15. The molecule has 5 nitrogen and oxygen atoms in total. The average molecular weight is 269 g/mol. The summed E-state index contributed by atoms with van der Waals surface area (Å²) in [7, 11) is 3.62. The summed E-state index contributed by atoms with van der Waals surface area (Å²) in [5, 5.41) is 0. The first-order valence-corrected chi connectivity index (χ1v) is 7.49. The predicted octanol–water partition coefficient (Wildman–Crippen LogP) is 1.00. The summed E-state index contributed by atoms with van der Waals surface area (Å²) in [4.78, 5) is 21.3. The minimum absolute atomic E-state index is 0.189. The Morgan fingerprint density at radius 2 is 1.84 bits per heavy atom. The summed E-state index contributed by atoms with van der Waals surface area (Å²) in [6.07, 6.45) is 7.55. The van der Waals surface area contributed by atoms with E-state index in [4.69, 9.17) is 4.84 Å². The first-order chi connectivity index (χ1) is 9.15. The normalized spacial score (nSPS) is 22.8. The third kappa shape index (κ3) is 4.75. The van der Waals surface area contributed by atoms with Gasteiger partial charge in [0.1, 0.15) is 0 Å². The number of nitrogens with zero attached hydrogens (tertiary/aromatic N) is 2. The van der Waals surface area contributed by atoms with Gasteiger partial charge < -0.3 is 4.90 Å². The van der Waals surface area contributed by atoms with Crippen LogP contribution in [0.4, 0.5) is 0 Å². The number of nitrogens with one attached hydrogen (secondary N) is 1. The highest BCUT2D eigenvalue weighted by atomic mass is 16.7. The summed E-state index contributed by atoms with van der Waals surface area (Å²) >= 11 is 0. The van der Waals surface area contributed by atoms with Crippen LogP contribution in [0.15, 0.2) is 0 Å². The summed E-state index contributed by atoms with van der Waals surface area (Å²) in [6, 6.07) is 0.450. The van der Waals surface area contributed by atoms with Gasteiger partial charge in [-0.25, -0.2) is 0 Å². The van der Waals surface area contributed by atoms with Crippen LogP contribution in [0.5, 0.6) is 0 Å². The van der Waals surface area contributed by atoms with Gasteiger partial charge in [0.05, 0.1) is 12.6 Å². The molecule has 1 saturated heterocycles. The van der Waals surface area contributed by atoms with Crippen molar-refractivity contribution in [2.75, 3.05) is 33.7 Å². The zero-order chi connectivity index (χ0) is 13.7. The van der Waals surface area contributed by atoms with Crippen LogP contribution in [0.1, 0.15) is 38.5 Å². The Labute approximate surface area is 116 Å².